The minimum atomic E-state index is -0.337. The number of nitrogens with zero attached hydrogens (tertiary/aromatic N) is 1. The number of ether oxygens (including phenoxy) is 2. The number of pyridine rings is 1. The molecule has 0 aliphatic rings. The Balaban J connectivity index is 1.63. The molecule has 3 aromatic rings. The highest BCUT2D eigenvalue weighted by molar-refractivity contribution is 5.97. The van der Waals surface area contributed by atoms with Crippen LogP contribution in [-0.4, -0.2) is 52.3 Å². The van der Waals surface area contributed by atoms with Crippen LogP contribution >= 0.6 is 0 Å². The first-order valence-corrected chi connectivity index (χ1v) is 14.4. The minimum Gasteiger partial charge on any atom is -0.486 e. The number of rotatable bonds is 16. The summed E-state index contributed by atoms with van der Waals surface area (Å²) < 4.78 is 12.0. The predicted molar refractivity (Wildman–Crippen MR) is 161 cm³/mol. The minimum absolute atomic E-state index is 0.130. The van der Waals surface area contributed by atoms with E-state index in [0.29, 0.717) is 58.7 Å². The Labute approximate surface area is 248 Å². The zero-order chi connectivity index (χ0) is 30.5. The zero-order valence-electron chi connectivity index (χ0n) is 24.9. The van der Waals surface area contributed by atoms with E-state index in [1.165, 1.54) is 0 Å². The first kappa shape index (κ1) is 32.6. The van der Waals surface area contributed by atoms with Gasteiger partial charge in [-0.1, -0.05) is 58.0 Å². The number of aromatic nitrogens is 1. The molecule has 0 spiro atoms. The third kappa shape index (κ3) is 10.2. The summed E-state index contributed by atoms with van der Waals surface area (Å²) >= 11 is 0. The van der Waals surface area contributed by atoms with Gasteiger partial charge in [-0.15, -0.1) is 0 Å². The summed E-state index contributed by atoms with van der Waals surface area (Å²) in [4.78, 5) is 30.5. The molecule has 226 valence electrons. The van der Waals surface area contributed by atoms with Crippen LogP contribution in [0.1, 0.15) is 72.6 Å². The van der Waals surface area contributed by atoms with E-state index >= 15 is 0 Å². The van der Waals surface area contributed by atoms with Crippen LogP contribution in [0, 0.1) is 11.8 Å². The molecule has 2 atom stereocenters. The van der Waals surface area contributed by atoms with Gasteiger partial charge in [0.1, 0.15) is 24.7 Å². The highest BCUT2D eigenvalue weighted by atomic mass is 16.5. The molecular weight excluding hydrogens is 534 g/mol. The van der Waals surface area contributed by atoms with Crippen molar-refractivity contribution in [3.8, 4) is 11.5 Å². The van der Waals surface area contributed by atoms with Crippen molar-refractivity contribution < 1.29 is 29.3 Å². The van der Waals surface area contributed by atoms with Crippen molar-refractivity contribution in [3.63, 3.8) is 0 Å². The highest BCUT2D eigenvalue weighted by Crippen LogP contribution is 2.22. The van der Waals surface area contributed by atoms with Crippen LogP contribution < -0.4 is 20.1 Å². The average molecular weight is 578 g/mol. The van der Waals surface area contributed by atoms with E-state index < -0.39 is 0 Å². The van der Waals surface area contributed by atoms with Gasteiger partial charge in [0, 0.05) is 0 Å². The van der Waals surface area contributed by atoms with Gasteiger partial charge >= 0.3 is 0 Å². The molecule has 3 rings (SSSR count). The molecule has 0 bridgehead atoms. The van der Waals surface area contributed by atoms with E-state index in [9.17, 15) is 19.8 Å². The van der Waals surface area contributed by atoms with Gasteiger partial charge in [0.05, 0.1) is 47.8 Å². The molecule has 0 fully saturated rings. The number of hydrogen-bond acceptors (Lipinski definition) is 7. The molecule has 9 heteroatoms. The van der Waals surface area contributed by atoms with Crippen LogP contribution in [0.25, 0.3) is 0 Å². The highest BCUT2D eigenvalue weighted by Gasteiger charge is 2.19. The van der Waals surface area contributed by atoms with Crippen molar-refractivity contribution in [2.24, 2.45) is 11.8 Å². The van der Waals surface area contributed by atoms with Gasteiger partial charge in [-0.25, -0.2) is 0 Å². The summed E-state index contributed by atoms with van der Waals surface area (Å²) in [6.07, 6.45) is 1.33. The third-order valence-electron chi connectivity index (χ3n) is 6.50. The summed E-state index contributed by atoms with van der Waals surface area (Å²) in [6, 6.07) is 18.7. The standard InChI is InChI=1S/C33H43N3O6/c1-22(2)16-26(18-37)35-32(39)28-12-5-7-14-30(28)41-20-24-10-9-11-25(34-24)21-42-31-15-8-6-13-29(31)33(40)36-27(19-38)17-23(3)4/h5-15,22-23,26-27,37-38H,16-21H2,1-4H3,(H,35,39)(H,36,40)/t26-,27-/m0/s1. The summed E-state index contributed by atoms with van der Waals surface area (Å²) in [6.45, 7) is 8.14. The van der Waals surface area contributed by atoms with Gasteiger partial charge in [-0.05, 0) is 61.1 Å². The molecular formula is C33H43N3O6. The lowest BCUT2D eigenvalue weighted by Crippen LogP contribution is -2.38. The average Bonchev–Trinajstić information content (AvgIpc) is 2.98. The number of hydrogen-bond donors (Lipinski definition) is 4. The fourth-order valence-corrected chi connectivity index (χ4v) is 4.58. The Bertz CT molecular complexity index is 1200. The molecule has 4 N–H and O–H groups in total. The Hall–Kier alpha value is -3.95. The first-order valence-electron chi connectivity index (χ1n) is 14.4. The normalized spacial score (nSPS) is 12.6. The molecule has 0 aliphatic carbocycles. The number of carbonyl (C=O) groups excluding carboxylic acids is 2. The molecule has 42 heavy (non-hydrogen) atoms. The van der Waals surface area contributed by atoms with Crippen LogP contribution in [-0.2, 0) is 13.2 Å². The van der Waals surface area contributed by atoms with Gasteiger partial charge in [0.25, 0.3) is 11.8 Å². The van der Waals surface area contributed by atoms with E-state index in [1.54, 1.807) is 48.5 Å². The monoisotopic (exact) mass is 577 g/mol. The van der Waals surface area contributed by atoms with Crippen LogP contribution in [0.2, 0.25) is 0 Å². The van der Waals surface area contributed by atoms with Crippen molar-refractivity contribution >= 4 is 11.8 Å². The molecule has 0 unspecified atom stereocenters. The molecule has 0 aliphatic heterocycles. The maximum Gasteiger partial charge on any atom is 0.255 e. The van der Waals surface area contributed by atoms with Crippen LogP contribution in [0.15, 0.2) is 66.7 Å². The number of amides is 2. The Morgan fingerprint density at radius 1 is 0.667 bits per heavy atom. The lowest BCUT2D eigenvalue weighted by Gasteiger charge is -2.19. The maximum absolute atomic E-state index is 12.9. The molecule has 2 amide bonds. The first-order chi connectivity index (χ1) is 20.2. The summed E-state index contributed by atoms with van der Waals surface area (Å²) in [7, 11) is 0. The quantitative estimate of drug-likeness (QED) is 0.197. The van der Waals surface area contributed by atoms with Crippen molar-refractivity contribution in [1.82, 2.24) is 15.6 Å². The van der Waals surface area contributed by atoms with Gasteiger partial charge in [-0.2, -0.15) is 0 Å². The van der Waals surface area contributed by atoms with E-state index in [1.807, 2.05) is 45.9 Å². The van der Waals surface area contributed by atoms with Crippen molar-refractivity contribution in [2.45, 2.75) is 65.8 Å². The number of nitrogens with one attached hydrogen (secondary N) is 2. The maximum atomic E-state index is 12.9. The Morgan fingerprint density at radius 2 is 1.07 bits per heavy atom. The number of para-hydroxylation sites is 2. The third-order valence-corrected chi connectivity index (χ3v) is 6.50. The van der Waals surface area contributed by atoms with E-state index in [4.69, 9.17) is 9.47 Å². The summed E-state index contributed by atoms with van der Waals surface area (Å²) in [5.41, 5.74) is 2.05. The molecule has 0 saturated carbocycles. The Morgan fingerprint density at radius 3 is 1.45 bits per heavy atom. The van der Waals surface area contributed by atoms with Gasteiger partial charge < -0.3 is 30.3 Å². The topological polar surface area (TPSA) is 130 Å². The van der Waals surface area contributed by atoms with Crippen LogP contribution in [0.5, 0.6) is 11.5 Å². The smallest absolute Gasteiger partial charge is 0.255 e. The molecule has 0 saturated heterocycles. The number of aliphatic hydroxyl groups excluding tert-OH is 2. The zero-order valence-corrected chi connectivity index (χ0v) is 24.9. The molecule has 1 heterocycles. The van der Waals surface area contributed by atoms with Crippen molar-refractivity contribution in [1.29, 1.82) is 0 Å². The van der Waals surface area contributed by atoms with Crippen LogP contribution in [0.4, 0.5) is 0 Å². The van der Waals surface area contributed by atoms with Crippen molar-refractivity contribution in [3.05, 3.63) is 89.2 Å². The Kier molecular flexibility index (Phi) is 12.8. The van der Waals surface area contributed by atoms with Gasteiger partial charge in [0.2, 0.25) is 0 Å². The molecule has 9 nitrogen and oxygen atoms in total. The summed E-state index contributed by atoms with van der Waals surface area (Å²) in [5, 5.41) is 25.1. The second-order valence-corrected chi connectivity index (χ2v) is 11.2. The lowest BCUT2D eigenvalue weighted by molar-refractivity contribution is 0.0896. The largest absolute Gasteiger partial charge is 0.486 e. The van der Waals surface area contributed by atoms with Gasteiger partial charge in [0.15, 0.2) is 0 Å². The van der Waals surface area contributed by atoms with Gasteiger partial charge in [-0.3, -0.25) is 14.6 Å². The molecule has 2 aromatic carbocycles. The number of carbonyl (C=O) groups is 2. The lowest BCUT2D eigenvalue weighted by atomic mass is 10.0. The fraction of sp³-hybridized carbons (Fsp3) is 0.424. The second-order valence-electron chi connectivity index (χ2n) is 11.2. The SMILES string of the molecule is CC(C)C[C@@H](CO)NC(=O)c1ccccc1OCc1cccc(COc2ccccc2C(=O)N[C@H](CO)CC(C)C)n1. The van der Waals surface area contributed by atoms with E-state index in [-0.39, 0.29) is 50.3 Å². The molecule has 0 radical (unpaired) electrons. The second kappa shape index (κ2) is 16.5. The van der Waals surface area contributed by atoms with Crippen LogP contribution in [0.3, 0.4) is 0 Å². The van der Waals surface area contributed by atoms with Crippen molar-refractivity contribution in [2.75, 3.05) is 13.2 Å². The predicted octanol–water partition coefficient (Wildman–Crippen LogP) is 4.51. The fourth-order valence-electron chi connectivity index (χ4n) is 4.58. The van der Waals surface area contributed by atoms with E-state index in [0.717, 1.165) is 0 Å². The summed E-state index contributed by atoms with van der Waals surface area (Å²) in [5.74, 6) is 0.873. The number of aliphatic hydroxyl groups is 2. The number of benzene rings is 2. The molecule has 1 aromatic heterocycles. The van der Waals surface area contributed by atoms with E-state index in [2.05, 4.69) is 15.6 Å².